The zero-order chi connectivity index (χ0) is 16.0. The van der Waals surface area contributed by atoms with Gasteiger partial charge in [0.1, 0.15) is 6.61 Å². The summed E-state index contributed by atoms with van der Waals surface area (Å²) in [4.78, 5) is 0. The molecule has 6 heteroatoms. The highest BCUT2D eigenvalue weighted by atomic mass is 19.4. The van der Waals surface area contributed by atoms with Crippen molar-refractivity contribution in [2.45, 2.75) is 6.18 Å². The molecule has 2 rings (SSSR count). The highest BCUT2D eigenvalue weighted by molar-refractivity contribution is 5.46. The number of rotatable bonds is 6. The number of methoxy groups -OCH3 is 1. The molecule has 1 N–H and O–H groups in total. The van der Waals surface area contributed by atoms with E-state index in [1.807, 2.05) is 12.1 Å². The van der Waals surface area contributed by atoms with Crippen molar-refractivity contribution in [3.05, 3.63) is 54.1 Å². The molecule has 0 saturated heterocycles. The average molecular weight is 311 g/mol. The third-order valence-electron chi connectivity index (χ3n) is 2.95. The van der Waals surface area contributed by atoms with Gasteiger partial charge in [0.15, 0.2) is 11.5 Å². The fraction of sp³-hybridized carbons (Fsp3) is 0.250. The van der Waals surface area contributed by atoms with Gasteiger partial charge in [0.2, 0.25) is 0 Å². The van der Waals surface area contributed by atoms with E-state index in [1.54, 1.807) is 25.3 Å². The lowest BCUT2D eigenvalue weighted by Crippen LogP contribution is -2.12. The number of benzene rings is 2. The van der Waals surface area contributed by atoms with Gasteiger partial charge in [-0.15, -0.1) is 0 Å². The predicted molar refractivity (Wildman–Crippen MR) is 78.4 cm³/mol. The van der Waals surface area contributed by atoms with Crippen LogP contribution in [0.5, 0.6) is 11.5 Å². The third-order valence-corrected chi connectivity index (χ3v) is 2.95. The minimum atomic E-state index is -4.34. The molecule has 0 spiro atoms. The second-order valence-corrected chi connectivity index (χ2v) is 4.50. The summed E-state index contributed by atoms with van der Waals surface area (Å²) in [7, 11) is 1.54. The molecule has 0 atom stereocenters. The molecule has 0 bridgehead atoms. The zero-order valence-electron chi connectivity index (χ0n) is 12.0. The Morgan fingerprint density at radius 3 is 2.41 bits per heavy atom. The molecule has 0 saturated carbocycles. The van der Waals surface area contributed by atoms with E-state index in [2.05, 4.69) is 5.32 Å². The number of anilines is 1. The Kier molecular flexibility index (Phi) is 5.14. The predicted octanol–water partition coefficient (Wildman–Crippen LogP) is 4.20. The first-order valence-corrected chi connectivity index (χ1v) is 6.67. The molecule has 0 amide bonds. The maximum absolute atomic E-state index is 12.6. The molecule has 0 unspecified atom stereocenters. The van der Waals surface area contributed by atoms with Gasteiger partial charge in [-0.25, -0.2) is 0 Å². The molecule has 2 aromatic rings. The van der Waals surface area contributed by atoms with Crippen LogP contribution in [0.15, 0.2) is 48.5 Å². The van der Waals surface area contributed by atoms with E-state index in [9.17, 15) is 13.2 Å². The third kappa shape index (κ3) is 4.31. The summed E-state index contributed by atoms with van der Waals surface area (Å²) in [6.45, 7) is 0.677. The number of alkyl halides is 3. The Morgan fingerprint density at radius 2 is 1.73 bits per heavy atom. The molecule has 0 aliphatic carbocycles. The maximum Gasteiger partial charge on any atom is 0.416 e. The van der Waals surface area contributed by atoms with Crippen molar-refractivity contribution in [1.29, 1.82) is 0 Å². The summed E-state index contributed by atoms with van der Waals surface area (Å²) in [5.74, 6) is 1.21. The van der Waals surface area contributed by atoms with E-state index in [-0.39, 0.29) is 0 Å². The Bertz CT molecular complexity index is 614. The molecule has 0 aliphatic rings. The van der Waals surface area contributed by atoms with Crippen molar-refractivity contribution in [2.75, 3.05) is 25.6 Å². The Labute approximate surface area is 126 Å². The minimum Gasteiger partial charge on any atom is -0.493 e. The van der Waals surface area contributed by atoms with Crippen LogP contribution in [0, 0.1) is 0 Å². The van der Waals surface area contributed by atoms with Crippen molar-refractivity contribution in [3.63, 3.8) is 0 Å². The van der Waals surface area contributed by atoms with Gasteiger partial charge in [0, 0.05) is 12.2 Å². The average Bonchev–Trinajstić information content (AvgIpc) is 2.51. The van der Waals surface area contributed by atoms with Crippen LogP contribution in [0.3, 0.4) is 0 Å². The quantitative estimate of drug-likeness (QED) is 0.811. The van der Waals surface area contributed by atoms with Gasteiger partial charge in [-0.05, 0) is 30.3 Å². The Balaban J connectivity index is 1.87. The molecule has 0 heterocycles. The van der Waals surface area contributed by atoms with Gasteiger partial charge >= 0.3 is 6.18 Å². The second kappa shape index (κ2) is 7.06. The lowest BCUT2D eigenvalue weighted by Gasteiger charge is -2.12. The van der Waals surface area contributed by atoms with Gasteiger partial charge in [0.25, 0.3) is 0 Å². The topological polar surface area (TPSA) is 30.5 Å². The standard InChI is InChI=1S/C16H16F3NO2/c1-21-14-7-2-3-8-15(14)22-10-9-20-13-6-4-5-12(11-13)16(17,18)19/h2-8,11,20H,9-10H2,1H3. The molecule has 0 fully saturated rings. The van der Waals surface area contributed by atoms with Crippen LogP contribution in [-0.4, -0.2) is 20.3 Å². The van der Waals surface area contributed by atoms with Gasteiger partial charge in [-0.1, -0.05) is 18.2 Å². The number of hydrogen-bond acceptors (Lipinski definition) is 3. The van der Waals surface area contributed by atoms with Crippen molar-refractivity contribution in [1.82, 2.24) is 0 Å². The van der Waals surface area contributed by atoms with Crippen LogP contribution in [0.1, 0.15) is 5.56 Å². The molecule has 118 valence electrons. The molecule has 2 aromatic carbocycles. The van der Waals surface area contributed by atoms with Crippen molar-refractivity contribution >= 4 is 5.69 Å². The molecular formula is C16H16F3NO2. The van der Waals surface area contributed by atoms with Crippen molar-refractivity contribution in [3.8, 4) is 11.5 Å². The smallest absolute Gasteiger partial charge is 0.416 e. The fourth-order valence-corrected chi connectivity index (χ4v) is 1.90. The summed E-state index contributed by atoms with van der Waals surface area (Å²) >= 11 is 0. The summed E-state index contributed by atoms with van der Waals surface area (Å²) < 4.78 is 48.5. The van der Waals surface area contributed by atoms with Crippen LogP contribution in [0.2, 0.25) is 0 Å². The molecule has 0 aliphatic heterocycles. The van der Waals surface area contributed by atoms with Crippen molar-refractivity contribution < 1.29 is 22.6 Å². The maximum atomic E-state index is 12.6. The van der Waals surface area contributed by atoms with Crippen LogP contribution in [-0.2, 0) is 6.18 Å². The number of halogens is 3. The van der Waals surface area contributed by atoms with Crippen LogP contribution >= 0.6 is 0 Å². The van der Waals surface area contributed by atoms with Crippen molar-refractivity contribution in [2.24, 2.45) is 0 Å². The van der Waals surface area contributed by atoms with E-state index in [1.165, 1.54) is 6.07 Å². The Hall–Kier alpha value is -2.37. The lowest BCUT2D eigenvalue weighted by atomic mass is 10.2. The van der Waals surface area contributed by atoms with E-state index in [0.717, 1.165) is 12.1 Å². The molecule has 0 radical (unpaired) electrons. The summed E-state index contributed by atoms with van der Waals surface area (Å²) in [5.41, 5.74) is -0.276. The number of nitrogens with one attached hydrogen (secondary N) is 1. The second-order valence-electron chi connectivity index (χ2n) is 4.50. The largest absolute Gasteiger partial charge is 0.493 e. The number of hydrogen-bond donors (Lipinski definition) is 1. The first-order chi connectivity index (χ1) is 10.5. The molecule has 3 nitrogen and oxygen atoms in total. The molecular weight excluding hydrogens is 295 g/mol. The minimum absolute atomic E-state index is 0.302. The monoisotopic (exact) mass is 311 g/mol. The van der Waals surface area contributed by atoms with E-state index in [0.29, 0.717) is 30.3 Å². The zero-order valence-corrected chi connectivity index (χ0v) is 12.0. The Morgan fingerprint density at radius 1 is 1.00 bits per heavy atom. The summed E-state index contributed by atoms with van der Waals surface area (Å²) in [6, 6.07) is 12.2. The van der Waals surface area contributed by atoms with E-state index in [4.69, 9.17) is 9.47 Å². The number of para-hydroxylation sites is 2. The first kappa shape index (κ1) is 16.0. The lowest BCUT2D eigenvalue weighted by molar-refractivity contribution is -0.137. The van der Waals surface area contributed by atoms with Gasteiger partial charge in [0.05, 0.1) is 12.7 Å². The normalized spacial score (nSPS) is 11.1. The summed E-state index contributed by atoms with van der Waals surface area (Å²) in [5, 5.41) is 2.90. The van der Waals surface area contributed by atoms with E-state index < -0.39 is 11.7 Å². The molecule has 0 aromatic heterocycles. The fourth-order valence-electron chi connectivity index (χ4n) is 1.90. The van der Waals surface area contributed by atoms with E-state index >= 15 is 0 Å². The summed E-state index contributed by atoms with van der Waals surface area (Å²) in [6.07, 6.45) is -4.34. The van der Waals surface area contributed by atoms with Crippen LogP contribution in [0.4, 0.5) is 18.9 Å². The van der Waals surface area contributed by atoms with Crippen LogP contribution in [0.25, 0.3) is 0 Å². The SMILES string of the molecule is COc1ccccc1OCCNc1cccc(C(F)(F)F)c1. The van der Waals surface area contributed by atoms with Gasteiger partial charge < -0.3 is 14.8 Å². The van der Waals surface area contributed by atoms with Gasteiger partial charge in [-0.3, -0.25) is 0 Å². The van der Waals surface area contributed by atoms with Crippen LogP contribution < -0.4 is 14.8 Å². The highest BCUT2D eigenvalue weighted by Gasteiger charge is 2.30. The number of ether oxygens (including phenoxy) is 2. The molecule has 22 heavy (non-hydrogen) atoms. The first-order valence-electron chi connectivity index (χ1n) is 6.67. The highest BCUT2D eigenvalue weighted by Crippen LogP contribution is 2.30. The van der Waals surface area contributed by atoms with Gasteiger partial charge in [-0.2, -0.15) is 13.2 Å².